The molecule has 0 unspecified atom stereocenters. The van der Waals surface area contributed by atoms with Gasteiger partial charge in [-0.25, -0.2) is 0 Å². The van der Waals surface area contributed by atoms with Crippen molar-refractivity contribution in [2.24, 2.45) is 5.41 Å². The maximum absolute atomic E-state index is 12.3. The molecule has 0 aromatic rings. The molecule has 2 aliphatic rings. The van der Waals surface area contributed by atoms with Crippen molar-refractivity contribution < 1.29 is 9.69 Å². The number of hydrogen-bond acceptors (Lipinski definition) is 1. The van der Waals surface area contributed by atoms with E-state index in [0.717, 1.165) is 32.6 Å². The van der Waals surface area contributed by atoms with Crippen LogP contribution in [0.15, 0.2) is 0 Å². The molecule has 2 rings (SSSR count). The number of alkyl halides is 2. The van der Waals surface area contributed by atoms with Gasteiger partial charge in [0.2, 0.25) is 5.91 Å². The van der Waals surface area contributed by atoms with Crippen LogP contribution >= 0.6 is 31.9 Å². The van der Waals surface area contributed by atoms with Crippen molar-refractivity contribution in [2.75, 3.05) is 32.7 Å². The number of quaternary nitrogens is 1. The third-order valence-electron chi connectivity index (χ3n) is 3.99. The highest BCUT2D eigenvalue weighted by atomic mass is 79.9. The van der Waals surface area contributed by atoms with E-state index < -0.39 is 0 Å². The lowest BCUT2D eigenvalue weighted by Crippen LogP contribution is -3.14. The molecule has 3 nitrogen and oxygen atoms in total. The molecule has 92 valence electrons. The molecule has 0 radical (unpaired) electrons. The largest absolute Gasteiger partial charge is 0.332 e. The molecule has 1 aliphatic carbocycles. The van der Waals surface area contributed by atoms with Gasteiger partial charge in [0.25, 0.3) is 0 Å². The number of hydrogen-bond donors (Lipinski definition) is 1. The van der Waals surface area contributed by atoms with E-state index in [0.29, 0.717) is 5.91 Å². The number of amides is 1. The predicted octanol–water partition coefficient (Wildman–Crippen LogP) is 0.630. The van der Waals surface area contributed by atoms with Gasteiger partial charge in [-0.3, -0.25) is 4.79 Å². The molecule has 0 spiro atoms. The highest BCUT2D eigenvalue weighted by Gasteiger charge is 2.67. The van der Waals surface area contributed by atoms with E-state index in [9.17, 15) is 4.79 Å². The number of carbonyl (C=O) groups is 1. The maximum atomic E-state index is 12.3. The first-order valence-corrected chi connectivity index (χ1v) is 7.50. The van der Waals surface area contributed by atoms with Crippen LogP contribution in [0.3, 0.4) is 0 Å². The average molecular weight is 355 g/mol. The highest BCUT2D eigenvalue weighted by molar-refractivity contribution is 9.25. The Morgan fingerprint density at radius 2 is 1.88 bits per heavy atom. The van der Waals surface area contributed by atoms with Crippen molar-refractivity contribution in [1.82, 2.24) is 4.90 Å². The first-order chi connectivity index (χ1) is 7.40. The number of nitrogens with zero attached hydrogens (tertiary/aromatic N) is 1. The quantitative estimate of drug-likeness (QED) is 0.723. The molecule has 2 fully saturated rings. The minimum absolute atomic E-state index is 0.154. The molecule has 0 aromatic heterocycles. The summed E-state index contributed by atoms with van der Waals surface area (Å²) in [7, 11) is 0. The Labute approximate surface area is 114 Å². The molecular formula is C11H19Br2N2O+. The molecule has 5 heteroatoms. The summed E-state index contributed by atoms with van der Waals surface area (Å²) in [4.78, 5) is 16.0. The van der Waals surface area contributed by atoms with Gasteiger partial charge in [0.1, 0.15) is 0 Å². The summed E-state index contributed by atoms with van der Waals surface area (Å²) in [5, 5.41) is 0. The molecule has 1 aliphatic heterocycles. The van der Waals surface area contributed by atoms with Gasteiger partial charge >= 0.3 is 0 Å². The summed E-state index contributed by atoms with van der Waals surface area (Å²) in [5.41, 5.74) is -0.239. The fourth-order valence-corrected chi connectivity index (χ4v) is 3.82. The normalized spacial score (nSPS) is 33.9. The maximum Gasteiger partial charge on any atom is 0.231 e. The standard InChI is InChI=1S/C11H18Br2N2O/c1-3-14-4-6-15(7-5-14)9(16)10(2)8-11(10,12)13/h3-8H2,1-2H3/p+1/t10-/m0/s1. The molecule has 1 N–H and O–H groups in total. The molecular weight excluding hydrogens is 336 g/mol. The van der Waals surface area contributed by atoms with E-state index in [1.807, 2.05) is 11.8 Å². The van der Waals surface area contributed by atoms with Crippen LogP contribution < -0.4 is 4.90 Å². The fraction of sp³-hybridized carbons (Fsp3) is 0.909. The van der Waals surface area contributed by atoms with Crippen LogP contribution in [0.2, 0.25) is 0 Å². The van der Waals surface area contributed by atoms with Crippen LogP contribution in [-0.2, 0) is 4.79 Å². The molecule has 0 bridgehead atoms. The lowest BCUT2D eigenvalue weighted by atomic mass is 10.1. The summed E-state index contributed by atoms with van der Waals surface area (Å²) in [6.45, 7) is 9.42. The lowest BCUT2D eigenvalue weighted by molar-refractivity contribution is -0.902. The Morgan fingerprint density at radius 3 is 2.25 bits per heavy atom. The lowest BCUT2D eigenvalue weighted by Gasteiger charge is -2.33. The van der Waals surface area contributed by atoms with Crippen LogP contribution in [0.25, 0.3) is 0 Å². The average Bonchev–Trinajstić information content (AvgIpc) is 2.79. The summed E-state index contributed by atoms with van der Waals surface area (Å²) in [5.74, 6) is 0.302. The molecule has 0 aromatic carbocycles. The zero-order valence-electron chi connectivity index (χ0n) is 9.85. The highest BCUT2D eigenvalue weighted by Crippen LogP contribution is 2.66. The van der Waals surface area contributed by atoms with E-state index >= 15 is 0 Å². The van der Waals surface area contributed by atoms with Crippen LogP contribution in [0.1, 0.15) is 20.3 Å². The molecule has 1 saturated carbocycles. The van der Waals surface area contributed by atoms with E-state index in [1.165, 1.54) is 6.54 Å². The minimum Gasteiger partial charge on any atom is -0.332 e. The van der Waals surface area contributed by atoms with Gasteiger partial charge in [0.05, 0.1) is 41.4 Å². The van der Waals surface area contributed by atoms with Gasteiger partial charge < -0.3 is 9.80 Å². The van der Waals surface area contributed by atoms with Crippen molar-refractivity contribution in [2.45, 2.75) is 23.5 Å². The Bertz CT molecular complexity index is 300. The monoisotopic (exact) mass is 353 g/mol. The summed E-state index contributed by atoms with van der Waals surface area (Å²) < 4.78 is -0.154. The third-order valence-corrected chi connectivity index (χ3v) is 6.30. The van der Waals surface area contributed by atoms with Crippen molar-refractivity contribution in [3.63, 3.8) is 0 Å². The number of nitrogens with one attached hydrogen (secondary N) is 1. The van der Waals surface area contributed by atoms with E-state index in [1.54, 1.807) is 4.90 Å². The van der Waals surface area contributed by atoms with Gasteiger partial charge in [-0.05, 0) is 20.3 Å². The number of piperazine rings is 1. The Kier molecular flexibility index (Phi) is 3.41. The number of carbonyl (C=O) groups excluding carboxylic acids is 1. The summed E-state index contributed by atoms with van der Waals surface area (Å²) >= 11 is 7.13. The number of likely N-dealkylation sites (N-methyl/N-ethyl adjacent to an activating group) is 1. The van der Waals surface area contributed by atoms with E-state index in [-0.39, 0.29) is 8.65 Å². The predicted molar refractivity (Wildman–Crippen MR) is 71.1 cm³/mol. The summed E-state index contributed by atoms with van der Waals surface area (Å²) in [6, 6.07) is 0. The zero-order chi connectivity index (χ0) is 12.0. The number of halogens is 2. The number of rotatable bonds is 2. The zero-order valence-corrected chi connectivity index (χ0v) is 13.0. The SMILES string of the molecule is CC[NH+]1CCN(C(=O)[C@]2(C)CC2(Br)Br)CC1. The second-order valence-electron chi connectivity index (χ2n) is 5.11. The third kappa shape index (κ3) is 2.06. The van der Waals surface area contributed by atoms with E-state index in [2.05, 4.69) is 38.8 Å². The second-order valence-corrected chi connectivity index (χ2v) is 8.88. The topological polar surface area (TPSA) is 24.8 Å². The van der Waals surface area contributed by atoms with Gasteiger partial charge in [0, 0.05) is 0 Å². The van der Waals surface area contributed by atoms with Gasteiger partial charge in [-0.15, -0.1) is 0 Å². The van der Waals surface area contributed by atoms with Gasteiger partial charge in [-0.2, -0.15) is 0 Å². The van der Waals surface area contributed by atoms with Crippen molar-refractivity contribution >= 4 is 37.8 Å². The van der Waals surface area contributed by atoms with Crippen LogP contribution in [0.4, 0.5) is 0 Å². The first kappa shape index (κ1) is 12.8. The fourth-order valence-electron chi connectivity index (χ4n) is 2.36. The smallest absolute Gasteiger partial charge is 0.231 e. The van der Waals surface area contributed by atoms with Crippen molar-refractivity contribution in [3.05, 3.63) is 0 Å². The van der Waals surface area contributed by atoms with Crippen LogP contribution in [0, 0.1) is 5.41 Å². The Balaban J connectivity index is 1.93. The molecule has 1 amide bonds. The molecule has 1 atom stereocenters. The van der Waals surface area contributed by atoms with Crippen molar-refractivity contribution in [3.8, 4) is 0 Å². The summed E-state index contributed by atoms with van der Waals surface area (Å²) in [6.07, 6.45) is 0.889. The van der Waals surface area contributed by atoms with Crippen LogP contribution in [-0.4, -0.2) is 46.8 Å². The minimum atomic E-state index is -0.239. The Hall–Kier alpha value is 0.390. The van der Waals surface area contributed by atoms with Gasteiger partial charge in [0.15, 0.2) is 0 Å². The Morgan fingerprint density at radius 1 is 1.38 bits per heavy atom. The first-order valence-electron chi connectivity index (χ1n) is 5.91. The van der Waals surface area contributed by atoms with Crippen molar-refractivity contribution in [1.29, 1.82) is 0 Å². The second kappa shape index (κ2) is 4.25. The molecule has 1 saturated heterocycles. The van der Waals surface area contributed by atoms with Crippen LogP contribution in [0.5, 0.6) is 0 Å². The van der Waals surface area contributed by atoms with Gasteiger partial charge in [-0.1, -0.05) is 31.9 Å². The molecule has 1 heterocycles. The molecule has 16 heavy (non-hydrogen) atoms. The van der Waals surface area contributed by atoms with E-state index in [4.69, 9.17) is 0 Å².